The average Bonchev–Trinajstić information content (AvgIpc) is 3.42. The van der Waals surface area contributed by atoms with Gasteiger partial charge in [0.25, 0.3) is 5.91 Å². The molecule has 1 aliphatic rings. The van der Waals surface area contributed by atoms with E-state index in [4.69, 9.17) is 11.6 Å². The van der Waals surface area contributed by atoms with Gasteiger partial charge in [-0.1, -0.05) is 33.6 Å². The smallest absolute Gasteiger partial charge is 0.404 e. The summed E-state index contributed by atoms with van der Waals surface area (Å²) < 4.78 is 42.5. The van der Waals surface area contributed by atoms with Crippen molar-refractivity contribution < 1.29 is 27.5 Å². The highest BCUT2D eigenvalue weighted by Gasteiger charge is 2.50. The lowest BCUT2D eigenvalue weighted by Crippen LogP contribution is -2.65. The lowest BCUT2D eigenvalue weighted by atomic mass is 9.98. The Morgan fingerprint density at radius 3 is 2.54 bits per heavy atom. The van der Waals surface area contributed by atoms with Gasteiger partial charge in [-0.2, -0.15) is 15.2 Å². The molecule has 37 heavy (non-hydrogen) atoms. The number of hydrogen-bond acceptors (Lipinski definition) is 7. The van der Waals surface area contributed by atoms with E-state index in [1.807, 2.05) is 0 Å². The Morgan fingerprint density at radius 2 is 1.97 bits per heavy atom. The van der Waals surface area contributed by atoms with Crippen LogP contribution in [0.4, 0.5) is 13.2 Å². The fourth-order valence-electron chi connectivity index (χ4n) is 3.55. The summed E-state index contributed by atoms with van der Waals surface area (Å²) in [5.41, 5.74) is -2.08. The predicted octanol–water partition coefficient (Wildman–Crippen LogP) is 4.10. The maximum atomic E-state index is 13.1. The normalized spacial score (nSPS) is 15.8. The van der Waals surface area contributed by atoms with Crippen LogP contribution in [0.1, 0.15) is 28.9 Å². The fraction of sp³-hybridized carbons (Fsp3) is 0.261. The molecule has 1 fully saturated rings. The van der Waals surface area contributed by atoms with E-state index in [2.05, 4.69) is 47.6 Å². The topological polar surface area (TPSA) is 122 Å². The molecule has 2 aromatic carbocycles. The highest BCUT2D eigenvalue weighted by molar-refractivity contribution is 9.10. The Balaban J connectivity index is 1.59. The maximum Gasteiger partial charge on any atom is 0.573 e. The molecule has 192 valence electrons. The van der Waals surface area contributed by atoms with E-state index in [-0.39, 0.29) is 17.1 Å². The number of nitrogens with one attached hydrogen (secondary N) is 2. The van der Waals surface area contributed by atoms with Gasteiger partial charge in [-0.25, -0.2) is 0 Å². The van der Waals surface area contributed by atoms with Crippen LogP contribution in [-0.4, -0.2) is 44.8 Å². The third-order valence-corrected chi connectivity index (χ3v) is 6.28. The summed E-state index contributed by atoms with van der Waals surface area (Å²) in [5, 5.41) is 22.9. The van der Waals surface area contributed by atoms with Crippen molar-refractivity contribution in [2.75, 3.05) is 0 Å². The summed E-state index contributed by atoms with van der Waals surface area (Å²) in [7, 11) is 0. The second-order valence-corrected chi connectivity index (χ2v) is 9.67. The molecular weight excluding hydrogens is 581 g/mol. The second-order valence-electron chi connectivity index (χ2n) is 8.35. The standard InChI is InChI=1S/C23H17BrClF3N6O3/c24-15-2-4-16(5-3-15)34-30-11-18(32-34)20(36)31-22(13-35,33-21(12-29)7-8-21)10-14-1-6-19(17(25)9-14)37-23(26,27)28/h1-6,9,11,13,33H,7-8,10H2,(H,31,36)/t22-/m1/s1. The largest absolute Gasteiger partial charge is 0.573 e. The third kappa shape index (κ3) is 6.46. The number of rotatable bonds is 9. The van der Waals surface area contributed by atoms with Crippen molar-refractivity contribution in [3.63, 3.8) is 0 Å². The van der Waals surface area contributed by atoms with Gasteiger partial charge in [-0.05, 0) is 54.8 Å². The van der Waals surface area contributed by atoms with Gasteiger partial charge in [-0.3, -0.25) is 14.9 Å². The third-order valence-electron chi connectivity index (χ3n) is 5.45. The summed E-state index contributed by atoms with van der Waals surface area (Å²) in [6.45, 7) is 0. The van der Waals surface area contributed by atoms with Crippen molar-refractivity contribution in [2.24, 2.45) is 0 Å². The molecule has 1 atom stereocenters. The van der Waals surface area contributed by atoms with Gasteiger partial charge in [0.2, 0.25) is 0 Å². The van der Waals surface area contributed by atoms with E-state index in [9.17, 15) is 28.0 Å². The van der Waals surface area contributed by atoms with Gasteiger partial charge in [0.15, 0.2) is 17.6 Å². The molecule has 0 unspecified atom stereocenters. The van der Waals surface area contributed by atoms with Gasteiger partial charge >= 0.3 is 6.36 Å². The number of aldehydes is 1. The van der Waals surface area contributed by atoms with Crippen LogP contribution in [0.25, 0.3) is 5.69 Å². The first-order valence-corrected chi connectivity index (χ1v) is 11.8. The van der Waals surface area contributed by atoms with Crippen molar-refractivity contribution in [2.45, 2.75) is 36.8 Å². The minimum atomic E-state index is -4.94. The van der Waals surface area contributed by atoms with Gasteiger partial charge < -0.3 is 10.1 Å². The summed E-state index contributed by atoms with van der Waals surface area (Å²) >= 11 is 9.28. The predicted molar refractivity (Wildman–Crippen MR) is 128 cm³/mol. The monoisotopic (exact) mass is 596 g/mol. The number of nitrogens with zero attached hydrogens (tertiary/aromatic N) is 4. The number of halogens is 5. The Bertz CT molecular complexity index is 1370. The van der Waals surface area contributed by atoms with E-state index >= 15 is 0 Å². The van der Waals surface area contributed by atoms with E-state index in [1.165, 1.54) is 23.1 Å². The molecule has 1 saturated carbocycles. The van der Waals surface area contributed by atoms with Gasteiger partial charge in [0.05, 0.1) is 23.0 Å². The molecule has 1 amide bonds. The molecule has 14 heteroatoms. The Hall–Kier alpha value is -3.47. The van der Waals surface area contributed by atoms with Gasteiger partial charge in [-0.15, -0.1) is 18.3 Å². The van der Waals surface area contributed by atoms with Crippen molar-refractivity contribution in [3.05, 3.63) is 69.4 Å². The molecule has 0 spiro atoms. The zero-order valence-corrected chi connectivity index (χ0v) is 21.1. The average molecular weight is 598 g/mol. The lowest BCUT2D eigenvalue weighted by molar-refractivity contribution is -0.274. The number of benzene rings is 2. The maximum absolute atomic E-state index is 13.1. The van der Waals surface area contributed by atoms with Crippen LogP contribution in [0.5, 0.6) is 5.75 Å². The minimum absolute atomic E-state index is 0.107. The molecule has 0 aliphatic heterocycles. The Labute approximate surface area is 221 Å². The van der Waals surface area contributed by atoms with Crippen molar-refractivity contribution >= 4 is 39.7 Å². The molecule has 0 radical (unpaired) electrons. The number of nitriles is 1. The van der Waals surface area contributed by atoms with E-state index in [1.54, 1.807) is 24.3 Å². The molecule has 4 rings (SSSR count). The van der Waals surface area contributed by atoms with Crippen molar-refractivity contribution in [3.8, 4) is 17.5 Å². The molecule has 1 aromatic heterocycles. The lowest BCUT2D eigenvalue weighted by Gasteiger charge is -2.32. The zero-order valence-electron chi connectivity index (χ0n) is 18.7. The van der Waals surface area contributed by atoms with Crippen LogP contribution in [0.2, 0.25) is 5.02 Å². The van der Waals surface area contributed by atoms with Crippen LogP contribution in [0, 0.1) is 11.3 Å². The Morgan fingerprint density at radius 1 is 1.27 bits per heavy atom. The first-order valence-electron chi connectivity index (χ1n) is 10.7. The molecule has 0 bridgehead atoms. The SMILES string of the molecule is N#CC1(N[C@@](C=O)(Cc2ccc(OC(F)(F)F)c(Cl)c2)NC(=O)c2cnn(-c3ccc(Br)cc3)n2)CC1. The highest BCUT2D eigenvalue weighted by atomic mass is 79.9. The molecule has 1 aliphatic carbocycles. The van der Waals surface area contributed by atoms with E-state index in [0.29, 0.717) is 30.4 Å². The first kappa shape index (κ1) is 26.6. The molecular formula is C23H17BrClF3N6O3. The first-order chi connectivity index (χ1) is 17.5. The number of alkyl halides is 3. The second kappa shape index (κ2) is 10.1. The molecule has 2 N–H and O–H groups in total. The summed E-state index contributed by atoms with van der Waals surface area (Å²) in [6.07, 6.45) is -2.66. The fourth-order valence-corrected chi connectivity index (χ4v) is 4.06. The molecule has 1 heterocycles. The highest BCUT2D eigenvalue weighted by Crippen LogP contribution is 2.37. The number of aromatic nitrogens is 3. The van der Waals surface area contributed by atoms with Crippen molar-refractivity contribution in [1.29, 1.82) is 5.26 Å². The number of carbonyl (C=O) groups is 2. The molecule has 3 aromatic rings. The Kier molecular flexibility index (Phi) is 7.27. The van der Waals surface area contributed by atoms with Crippen LogP contribution in [0.15, 0.2) is 53.1 Å². The summed E-state index contributed by atoms with van der Waals surface area (Å²) in [4.78, 5) is 26.7. The number of carbonyl (C=O) groups excluding carboxylic acids is 2. The van der Waals surface area contributed by atoms with E-state index < -0.39 is 29.2 Å². The number of ether oxygens (including phenoxy) is 1. The van der Waals surface area contributed by atoms with E-state index in [0.717, 1.165) is 10.5 Å². The molecule has 0 saturated heterocycles. The summed E-state index contributed by atoms with van der Waals surface area (Å²) in [5.74, 6) is -1.38. The van der Waals surface area contributed by atoms with Crippen LogP contribution < -0.4 is 15.4 Å². The molecule has 9 nitrogen and oxygen atoms in total. The van der Waals surface area contributed by atoms with Crippen LogP contribution >= 0.6 is 27.5 Å². The minimum Gasteiger partial charge on any atom is -0.404 e. The number of hydrogen-bond donors (Lipinski definition) is 2. The number of amides is 1. The zero-order chi connectivity index (χ0) is 26.8. The summed E-state index contributed by atoms with van der Waals surface area (Å²) in [6, 6.07) is 12.5. The quantitative estimate of drug-likeness (QED) is 0.281. The van der Waals surface area contributed by atoms with Crippen molar-refractivity contribution in [1.82, 2.24) is 25.6 Å². The van der Waals surface area contributed by atoms with Gasteiger partial charge in [0, 0.05) is 10.9 Å². The van der Waals surface area contributed by atoms with Gasteiger partial charge in [0.1, 0.15) is 11.3 Å². The van der Waals surface area contributed by atoms with Crippen LogP contribution in [-0.2, 0) is 11.2 Å². The van der Waals surface area contributed by atoms with Crippen LogP contribution in [0.3, 0.4) is 0 Å².